The summed E-state index contributed by atoms with van der Waals surface area (Å²) in [6.45, 7) is 0.650. The second-order valence-corrected chi connectivity index (χ2v) is 6.08. The highest BCUT2D eigenvalue weighted by atomic mass is 32.1. The quantitative estimate of drug-likeness (QED) is 0.680. The molecule has 3 aromatic rings. The van der Waals surface area contributed by atoms with Crippen LogP contribution in [0.2, 0.25) is 0 Å². The molecule has 1 aliphatic heterocycles. The number of nitrogens with one attached hydrogen (secondary N) is 3. The van der Waals surface area contributed by atoms with E-state index < -0.39 is 0 Å². The molecular formula is C15H14N4OS. The number of aromatic amines is 1. The zero-order chi connectivity index (χ0) is 14.2. The van der Waals surface area contributed by atoms with Crippen LogP contribution in [0.15, 0.2) is 36.0 Å². The van der Waals surface area contributed by atoms with Crippen molar-refractivity contribution in [2.24, 2.45) is 0 Å². The average molecular weight is 298 g/mol. The number of carbonyl (C=O) groups is 1. The summed E-state index contributed by atoms with van der Waals surface area (Å²) in [6, 6.07) is 7.81. The number of amides is 1. The second-order valence-electron chi connectivity index (χ2n) is 5.13. The van der Waals surface area contributed by atoms with Crippen molar-refractivity contribution in [2.75, 3.05) is 5.32 Å². The molecular weight excluding hydrogens is 284 g/mol. The van der Waals surface area contributed by atoms with Crippen molar-refractivity contribution in [3.05, 3.63) is 47.4 Å². The van der Waals surface area contributed by atoms with Crippen molar-refractivity contribution < 1.29 is 4.79 Å². The molecule has 1 amide bonds. The molecule has 1 unspecified atom stereocenters. The number of nitrogens with zero attached hydrogens (tertiary/aromatic N) is 1. The Hall–Kier alpha value is -2.18. The number of aromatic nitrogens is 2. The van der Waals surface area contributed by atoms with E-state index in [4.69, 9.17) is 0 Å². The number of benzene rings is 1. The number of H-pyrrole nitrogens is 1. The van der Waals surface area contributed by atoms with Crippen molar-refractivity contribution in [3.63, 3.8) is 0 Å². The van der Waals surface area contributed by atoms with Gasteiger partial charge in [0, 0.05) is 23.4 Å². The largest absolute Gasteiger partial charge is 0.347 e. The third-order valence-corrected chi connectivity index (χ3v) is 4.66. The maximum atomic E-state index is 12.4. The first kappa shape index (κ1) is 12.6. The van der Waals surface area contributed by atoms with Crippen molar-refractivity contribution in [1.29, 1.82) is 0 Å². The lowest BCUT2D eigenvalue weighted by Crippen LogP contribution is -2.44. The van der Waals surface area contributed by atoms with Crippen LogP contribution in [0, 0.1) is 0 Å². The lowest BCUT2D eigenvalue weighted by atomic mass is 10.0. The number of thiophene rings is 1. The summed E-state index contributed by atoms with van der Waals surface area (Å²) in [7, 11) is 0. The molecule has 5 nitrogen and oxygen atoms in total. The summed E-state index contributed by atoms with van der Waals surface area (Å²) in [4.78, 5) is 19.7. The summed E-state index contributed by atoms with van der Waals surface area (Å²) in [5.41, 5.74) is 2.88. The minimum atomic E-state index is -0.237. The van der Waals surface area contributed by atoms with Crippen LogP contribution in [0.4, 0.5) is 5.69 Å². The van der Waals surface area contributed by atoms with E-state index in [1.165, 1.54) is 4.70 Å². The van der Waals surface area contributed by atoms with E-state index in [1.54, 1.807) is 17.7 Å². The summed E-state index contributed by atoms with van der Waals surface area (Å²) < 4.78 is 1.23. The van der Waals surface area contributed by atoms with E-state index in [-0.39, 0.29) is 11.9 Å². The van der Waals surface area contributed by atoms with Gasteiger partial charge in [0.2, 0.25) is 5.91 Å². The fraction of sp³-hybridized carbons (Fsp3) is 0.200. The Morgan fingerprint density at radius 1 is 1.38 bits per heavy atom. The molecule has 1 aliphatic rings. The minimum Gasteiger partial charge on any atom is -0.347 e. The van der Waals surface area contributed by atoms with Crippen LogP contribution in [0.25, 0.3) is 10.1 Å². The molecule has 0 aliphatic carbocycles. The highest BCUT2D eigenvalue weighted by Crippen LogP contribution is 2.24. The average Bonchev–Trinajstić information content (AvgIpc) is 3.14. The van der Waals surface area contributed by atoms with Crippen LogP contribution in [0.5, 0.6) is 0 Å². The SMILES string of the molecule is O=C(Nc1ccc2sccc2c1)C1Cc2nc[nH]c2CN1. The molecule has 0 spiro atoms. The van der Waals surface area contributed by atoms with Crippen molar-refractivity contribution in [2.45, 2.75) is 19.0 Å². The van der Waals surface area contributed by atoms with Crippen LogP contribution < -0.4 is 10.6 Å². The van der Waals surface area contributed by atoms with Gasteiger partial charge < -0.3 is 10.3 Å². The molecule has 1 atom stereocenters. The number of anilines is 1. The van der Waals surface area contributed by atoms with E-state index in [0.717, 1.165) is 22.5 Å². The van der Waals surface area contributed by atoms with E-state index >= 15 is 0 Å². The number of hydrogen-bond acceptors (Lipinski definition) is 4. The monoisotopic (exact) mass is 298 g/mol. The maximum absolute atomic E-state index is 12.4. The van der Waals surface area contributed by atoms with E-state index in [1.807, 2.05) is 18.2 Å². The van der Waals surface area contributed by atoms with Crippen molar-refractivity contribution >= 4 is 33.0 Å². The summed E-state index contributed by atoms with van der Waals surface area (Å²) >= 11 is 1.70. The first-order valence-electron chi connectivity index (χ1n) is 6.82. The first-order chi connectivity index (χ1) is 10.3. The highest BCUT2D eigenvalue weighted by Gasteiger charge is 2.25. The van der Waals surface area contributed by atoms with Gasteiger partial charge in [-0.3, -0.25) is 10.1 Å². The number of hydrogen-bond donors (Lipinski definition) is 3. The molecule has 3 N–H and O–H groups in total. The molecule has 21 heavy (non-hydrogen) atoms. The van der Waals surface area contributed by atoms with E-state index in [2.05, 4.69) is 32.0 Å². The smallest absolute Gasteiger partial charge is 0.241 e. The molecule has 0 saturated heterocycles. The van der Waals surface area contributed by atoms with Gasteiger partial charge in [0.15, 0.2) is 0 Å². The molecule has 0 fully saturated rings. The van der Waals surface area contributed by atoms with Gasteiger partial charge in [0.25, 0.3) is 0 Å². The molecule has 4 rings (SSSR count). The zero-order valence-corrected chi connectivity index (χ0v) is 12.0. The number of carbonyl (C=O) groups excluding carboxylic acids is 1. The predicted molar refractivity (Wildman–Crippen MR) is 83.4 cm³/mol. The molecule has 0 saturated carbocycles. The minimum absolute atomic E-state index is 0.0155. The van der Waals surface area contributed by atoms with Crippen LogP contribution in [0.3, 0.4) is 0 Å². The van der Waals surface area contributed by atoms with Crippen LogP contribution in [-0.4, -0.2) is 21.9 Å². The Kier molecular flexibility index (Phi) is 2.98. The van der Waals surface area contributed by atoms with Gasteiger partial charge in [0.1, 0.15) is 0 Å². The van der Waals surface area contributed by atoms with Gasteiger partial charge in [-0.05, 0) is 35.0 Å². The Balaban J connectivity index is 1.50. The Labute approximate surface area is 125 Å². The lowest BCUT2D eigenvalue weighted by Gasteiger charge is -2.22. The highest BCUT2D eigenvalue weighted by molar-refractivity contribution is 7.17. The summed E-state index contributed by atoms with van der Waals surface area (Å²) in [5, 5.41) is 9.42. The normalized spacial score (nSPS) is 17.6. The summed E-state index contributed by atoms with van der Waals surface area (Å²) in [6.07, 6.45) is 2.29. The van der Waals surface area contributed by atoms with Gasteiger partial charge in [0.05, 0.1) is 23.8 Å². The maximum Gasteiger partial charge on any atom is 0.241 e. The van der Waals surface area contributed by atoms with Gasteiger partial charge >= 0.3 is 0 Å². The van der Waals surface area contributed by atoms with Gasteiger partial charge in [-0.1, -0.05) is 0 Å². The third kappa shape index (κ3) is 2.32. The molecule has 6 heteroatoms. The zero-order valence-electron chi connectivity index (χ0n) is 11.2. The second kappa shape index (κ2) is 4.98. The molecule has 1 aromatic carbocycles. The van der Waals surface area contributed by atoms with E-state index in [0.29, 0.717) is 13.0 Å². The van der Waals surface area contributed by atoms with Crippen LogP contribution in [0.1, 0.15) is 11.4 Å². The molecule has 0 bridgehead atoms. The number of rotatable bonds is 2. The standard InChI is InChI=1S/C15H14N4OS/c20-15(12-6-11-13(7-16-12)18-8-17-11)19-10-1-2-14-9(5-10)3-4-21-14/h1-5,8,12,16H,6-7H2,(H,17,18)(H,19,20). The van der Waals surface area contributed by atoms with Crippen molar-refractivity contribution in [3.8, 4) is 0 Å². The Morgan fingerprint density at radius 3 is 3.29 bits per heavy atom. The van der Waals surface area contributed by atoms with Gasteiger partial charge in [-0.2, -0.15) is 0 Å². The van der Waals surface area contributed by atoms with Crippen LogP contribution in [-0.2, 0) is 17.8 Å². The Morgan fingerprint density at radius 2 is 2.33 bits per heavy atom. The van der Waals surface area contributed by atoms with E-state index in [9.17, 15) is 4.79 Å². The van der Waals surface area contributed by atoms with Crippen LogP contribution >= 0.6 is 11.3 Å². The molecule has 2 aromatic heterocycles. The fourth-order valence-corrected chi connectivity index (χ4v) is 3.40. The van der Waals surface area contributed by atoms with Gasteiger partial charge in [-0.25, -0.2) is 4.98 Å². The summed E-state index contributed by atoms with van der Waals surface area (Å²) in [5.74, 6) is -0.0155. The molecule has 3 heterocycles. The lowest BCUT2D eigenvalue weighted by molar-refractivity contribution is -0.118. The third-order valence-electron chi connectivity index (χ3n) is 3.77. The number of imidazole rings is 1. The van der Waals surface area contributed by atoms with Gasteiger partial charge in [-0.15, -0.1) is 11.3 Å². The topological polar surface area (TPSA) is 69.8 Å². The first-order valence-corrected chi connectivity index (χ1v) is 7.70. The number of fused-ring (bicyclic) bond motifs is 2. The van der Waals surface area contributed by atoms with Crippen molar-refractivity contribution in [1.82, 2.24) is 15.3 Å². The fourth-order valence-electron chi connectivity index (χ4n) is 2.63. The predicted octanol–water partition coefficient (Wildman–Crippen LogP) is 2.28. The molecule has 0 radical (unpaired) electrons. The Bertz CT molecular complexity index is 807. The molecule has 106 valence electrons.